The van der Waals surface area contributed by atoms with Crippen LogP contribution in [0.4, 0.5) is 25.8 Å². The predicted octanol–water partition coefficient (Wildman–Crippen LogP) is 5.63. The van der Waals surface area contributed by atoms with Gasteiger partial charge >= 0.3 is 0 Å². The highest BCUT2D eigenvalue weighted by atomic mass is 79.9. The van der Waals surface area contributed by atoms with Gasteiger partial charge in [0.05, 0.1) is 5.69 Å². The summed E-state index contributed by atoms with van der Waals surface area (Å²) < 4.78 is 35.1. The van der Waals surface area contributed by atoms with Crippen molar-refractivity contribution in [1.82, 2.24) is 0 Å². The maximum Gasteiger partial charge on any atom is 0.193 e. The van der Waals surface area contributed by atoms with Crippen LogP contribution in [0.3, 0.4) is 0 Å². The van der Waals surface area contributed by atoms with E-state index in [1.807, 2.05) is 30.3 Å². The van der Waals surface area contributed by atoms with Crippen LogP contribution in [0.2, 0.25) is 0 Å². The van der Waals surface area contributed by atoms with E-state index in [0.29, 0.717) is 5.69 Å². The molecule has 3 aromatic carbocycles. The second kappa shape index (κ2) is 7.53. The van der Waals surface area contributed by atoms with Crippen LogP contribution in [0, 0.1) is 11.6 Å². The molecule has 0 radical (unpaired) electrons. The molecule has 0 fully saturated rings. The summed E-state index contributed by atoms with van der Waals surface area (Å²) in [4.78, 5) is 0. The second-order valence-corrected chi connectivity index (χ2v) is 6.29. The van der Waals surface area contributed by atoms with Crippen molar-refractivity contribution >= 4 is 33.0 Å². The fourth-order valence-electron chi connectivity index (χ4n) is 2.29. The molecule has 0 spiro atoms. The molecule has 0 aliphatic heterocycles. The highest BCUT2D eigenvalue weighted by Gasteiger charge is 2.19. The number of nitrogen functional groups attached to an aromatic ring is 1. The Bertz CT molecular complexity index is 871. The summed E-state index contributed by atoms with van der Waals surface area (Å²) in [7, 11) is 0. The van der Waals surface area contributed by atoms with Gasteiger partial charge in [0.25, 0.3) is 0 Å². The van der Waals surface area contributed by atoms with Crippen molar-refractivity contribution < 1.29 is 13.5 Å². The third kappa shape index (κ3) is 4.09. The largest absolute Gasteiger partial charge is 0.483 e. The molecule has 0 aromatic heterocycles. The molecule has 0 saturated carbocycles. The summed E-state index contributed by atoms with van der Waals surface area (Å²) in [5.74, 6) is -2.17. The summed E-state index contributed by atoms with van der Waals surface area (Å²) in [6.07, 6.45) is 0. The van der Waals surface area contributed by atoms with Crippen molar-refractivity contribution in [2.75, 3.05) is 11.1 Å². The number of benzene rings is 3. The highest BCUT2D eigenvalue weighted by molar-refractivity contribution is 9.10. The molecule has 128 valence electrons. The van der Waals surface area contributed by atoms with E-state index in [2.05, 4.69) is 21.2 Å². The molecule has 0 heterocycles. The zero-order valence-corrected chi connectivity index (χ0v) is 14.7. The molecule has 0 unspecified atom stereocenters. The van der Waals surface area contributed by atoms with Crippen molar-refractivity contribution in [2.24, 2.45) is 0 Å². The van der Waals surface area contributed by atoms with E-state index in [-0.39, 0.29) is 18.0 Å². The molecule has 25 heavy (non-hydrogen) atoms. The molecule has 0 amide bonds. The van der Waals surface area contributed by atoms with Gasteiger partial charge in [-0.05, 0) is 29.8 Å². The first-order chi connectivity index (χ1) is 12.0. The molecular formula is C19H15BrF2N2O. The van der Waals surface area contributed by atoms with Gasteiger partial charge in [-0.3, -0.25) is 0 Å². The molecule has 0 aliphatic rings. The van der Waals surface area contributed by atoms with Gasteiger partial charge in [0.2, 0.25) is 0 Å². The van der Waals surface area contributed by atoms with Crippen molar-refractivity contribution in [3.63, 3.8) is 0 Å². The quantitative estimate of drug-likeness (QED) is 0.541. The number of nitrogens with one attached hydrogen (secondary N) is 1. The Kier molecular flexibility index (Phi) is 5.19. The summed E-state index contributed by atoms with van der Waals surface area (Å²) in [5.41, 5.74) is 7.14. The number of ether oxygens (including phenoxy) is 1. The lowest BCUT2D eigenvalue weighted by molar-refractivity contribution is 0.275. The fourth-order valence-corrected chi connectivity index (χ4v) is 2.55. The van der Waals surface area contributed by atoms with Crippen molar-refractivity contribution in [1.29, 1.82) is 0 Å². The second-order valence-electron chi connectivity index (χ2n) is 5.37. The normalized spacial score (nSPS) is 10.5. The lowest BCUT2D eigenvalue weighted by Gasteiger charge is -2.15. The number of rotatable bonds is 5. The smallest absolute Gasteiger partial charge is 0.193 e. The first-order valence-electron chi connectivity index (χ1n) is 7.51. The molecule has 3 aromatic rings. The van der Waals surface area contributed by atoms with Crippen molar-refractivity contribution in [2.45, 2.75) is 6.61 Å². The molecule has 6 heteroatoms. The van der Waals surface area contributed by atoms with Crippen LogP contribution in [-0.2, 0) is 6.61 Å². The Morgan fingerprint density at radius 1 is 1.00 bits per heavy atom. The van der Waals surface area contributed by atoms with Crippen LogP contribution in [0.5, 0.6) is 5.75 Å². The predicted molar refractivity (Wildman–Crippen MR) is 99.0 cm³/mol. The fraction of sp³-hybridized carbons (Fsp3) is 0.0526. The summed E-state index contributed by atoms with van der Waals surface area (Å²) in [5, 5.41) is 2.87. The molecule has 0 aliphatic carbocycles. The molecular weight excluding hydrogens is 390 g/mol. The van der Waals surface area contributed by atoms with Gasteiger partial charge in [0, 0.05) is 16.2 Å². The maximum atomic E-state index is 14.7. The van der Waals surface area contributed by atoms with Crippen LogP contribution in [0.15, 0.2) is 65.1 Å². The van der Waals surface area contributed by atoms with Crippen LogP contribution in [0.25, 0.3) is 0 Å². The van der Waals surface area contributed by atoms with Gasteiger partial charge in [-0.2, -0.15) is 0 Å². The third-order valence-corrected chi connectivity index (χ3v) is 4.07. The molecule has 0 saturated heterocycles. The molecule has 3 rings (SSSR count). The Balaban J connectivity index is 1.87. The zero-order chi connectivity index (χ0) is 17.8. The van der Waals surface area contributed by atoms with E-state index < -0.39 is 17.4 Å². The first-order valence-corrected chi connectivity index (χ1v) is 8.30. The highest BCUT2D eigenvalue weighted by Crippen LogP contribution is 2.35. The van der Waals surface area contributed by atoms with Gasteiger partial charge in [-0.15, -0.1) is 0 Å². The minimum atomic E-state index is -0.864. The van der Waals surface area contributed by atoms with Crippen LogP contribution in [-0.4, -0.2) is 0 Å². The summed E-state index contributed by atoms with van der Waals surface area (Å²) in [6, 6.07) is 17.3. The maximum absolute atomic E-state index is 14.7. The standard InChI is InChI=1S/C19H15BrF2N2O/c20-13-6-8-14(9-7-13)24-18-16(23)10-15(21)19(17(18)22)25-11-12-4-2-1-3-5-12/h1-10,24H,11,23H2. The molecule has 0 atom stereocenters. The average molecular weight is 405 g/mol. The zero-order valence-electron chi connectivity index (χ0n) is 13.1. The van der Waals surface area contributed by atoms with Crippen LogP contribution in [0.1, 0.15) is 5.56 Å². The monoisotopic (exact) mass is 404 g/mol. The van der Waals surface area contributed by atoms with E-state index >= 15 is 0 Å². The Hall–Kier alpha value is -2.60. The lowest BCUT2D eigenvalue weighted by Crippen LogP contribution is -2.06. The summed E-state index contributed by atoms with van der Waals surface area (Å²) >= 11 is 3.33. The average Bonchev–Trinajstić information content (AvgIpc) is 2.61. The molecule has 0 bridgehead atoms. The Labute approximate surface area is 152 Å². The van der Waals surface area contributed by atoms with E-state index in [0.717, 1.165) is 16.1 Å². The Morgan fingerprint density at radius 3 is 2.36 bits per heavy atom. The topological polar surface area (TPSA) is 47.3 Å². The minimum Gasteiger partial charge on any atom is -0.483 e. The van der Waals surface area contributed by atoms with Crippen molar-refractivity contribution in [3.8, 4) is 5.75 Å². The number of anilines is 3. The third-order valence-electron chi connectivity index (χ3n) is 3.55. The summed E-state index contributed by atoms with van der Waals surface area (Å²) in [6.45, 7) is 0.0519. The first kappa shape index (κ1) is 17.2. The minimum absolute atomic E-state index is 0.0215. The molecule has 3 N–H and O–H groups in total. The van der Waals surface area contributed by atoms with E-state index in [4.69, 9.17) is 10.5 Å². The Morgan fingerprint density at radius 2 is 1.68 bits per heavy atom. The number of hydrogen-bond acceptors (Lipinski definition) is 3. The van der Waals surface area contributed by atoms with Crippen LogP contribution >= 0.6 is 15.9 Å². The number of halogens is 3. The van der Waals surface area contributed by atoms with Crippen LogP contribution < -0.4 is 15.8 Å². The van der Waals surface area contributed by atoms with Gasteiger partial charge in [0.1, 0.15) is 12.3 Å². The number of hydrogen-bond donors (Lipinski definition) is 2. The van der Waals surface area contributed by atoms with E-state index in [1.165, 1.54) is 0 Å². The molecule has 3 nitrogen and oxygen atoms in total. The van der Waals surface area contributed by atoms with Gasteiger partial charge in [-0.25, -0.2) is 8.78 Å². The lowest BCUT2D eigenvalue weighted by atomic mass is 10.2. The SMILES string of the molecule is Nc1cc(F)c(OCc2ccccc2)c(F)c1Nc1ccc(Br)cc1. The van der Waals surface area contributed by atoms with E-state index in [1.54, 1.807) is 24.3 Å². The number of nitrogens with two attached hydrogens (primary N) is 1. The van der Waals surface area contributed by atoms with E-state index in [9.17, 15) is 8.78 Å². The van der Waals surface area contributed by atoms with Gasteiger partial charge < -0.3 is 15.8 Å². The van der Waals surface area contributed by atoms with Crippen molar-refractivity contribution in [3.05, 3.63) is 82.3 Å². The van der Waals surface area contributed by atoms with Gasteiger partial charge in [0.15, 0.2) is 17.4 Å². The van der Waals surface area contributed by atoms with Gasteiger partial charge in [-0.1, -0.05) is 46.3 Å².